The molecule has 0 fully saturated rings. The number of nitrogens with zero attached hydrogens (tertiary/aromatic N) is 2. The zero-order valence-electron chi connectivity index (χ0n) is 14.7. The number of aryl methyl sites for hydroxylation is 1. The third-order valence-corrected chi connectivity index (χ3v) is 6.43. The number of guanidine groups is 1. The molecule has 0 radical (unpaired) electrons. The average Bonchev–Trinajstić information content (AvgIpc) is 3.12. The first kappa shape index (κ1) is 19.4. The molecule has 1 heterocycles. The Balaban J connectivity index is 1.81. The predicted molar refractivity (Wildman–Crippen MR) is 104 cm³/mol. The largest absolute Gasteiger partial charge is 0.355 e. The van der Waals surface area contributed by atoms with E-state index < -0.39 is 10.0 Å². The van der Waals surface area contributed by atoms with Gasteiger partial charge in [0.25, 0.3) is 0 Å². The quantitative estimate of drug-likeness (QED) is 0.438. The van der Waals surface area contributed by atoms with Crippen LogP contribution in [0.2, 0.25) is 0 Å². The van der Waals surface area contributed by atoms with Crippen LogP contribution < -0.4 is 10.0 Å². The van der Waals surface area contributed by atoms with Crippen molar-refractivity contribution in [2.75, 3.05) is 27.2 Å². The number of thiophene rings is 1. The highest BCUT2D eigenvalue weighted by atomic mass is 32.2. The van der Waals surface area contributed by atoms with Crippen LogP contribution in [0.1, 0.15) is 11.1 Å². The Kier molecular flexibility index (Phi) is 6.98. The molecule has 0 aliphatic heterocycles. The van der Waals surface area contributed by atoms with Gasteiger partial charge in [-0.3, -0.25) is 4.99 Å². The van der Waals surface area contributed by atoms with Crippen molar-refractivity contribution in [2.24, 2.45) is 4.99 Å². The molecule has 2 N–H and O–H groups in total. The van der Waals surface area contributed by atoms with Gasteiger partial charge in [-0.1, -0.05) is 35.9 Å². The molecular weight excluding hydrogens is 356 g/mol. The van der Waals surface area contributed by atoms with Crippen LogP contribution >= 0.6 is 11.3 Å². The molecule has 0 bridgehead atoms. The van der Waals surface area contributed by atoms with Crippen LogP contribution in [-0.2, 0) is 16.6 Å². The summed E-state index contributed by atoms with van der Waals surface area (Å²) in [5.74, 6) is 0.718. The van der Waals surface area contributed by atoms with Gasteiger partial charge in [-0.15, -0.1) is 11.3 Å². The number of sulfonamides is 1. The lowest BCUT2D eigenvalue weighted by Gasteiger charge is -2.22. The summed E-state index contributed by atoms with van der Waals surface area (Å²) in [4.78, 5) is 6.24. The Morgan fingerprint density at radius 2 is 1.92 bits per heavy atom. The molecule has 2 rings (SSSR count). The summed E-state index contributed by atoms with van der Waals surface area (Å²) in [6, 6.07) is 11.7. The van der Waals surface area contributed by atoms with E-state index in [-0.39, 0.29) is 6.54 Å². The normalized spacial score (nSPS) is 12.2. The maximum Gasteiger partial charge on any atom is 0.250 e. The standard InChI is InChI=1S/C17H24N4O2S2/c1-14-6-8-15(9-7-14)13-21(3)17(18-2)19-10-11-20-25(22,23)16-5-4-12-24-16/h4-9,12,20H,10-11,13H2,1-3H3,(H,18,19). The van der Waals surface area contributed by atoms with Crippen molar-refractivity contribution in [3.63, 3.8) is 0 Å². The fourth-order valence-corrected chi connectivity index (χ4v) is 4.34. The fraction of sp³-hybridized carbons (Fsp3) is 0.353. The zero-order valence-corrected chi connectivity index (χ0v) is 16.3. The van der Waals surface area contributed by atoms with E-state index in [0.717, 1.165) is 12.5 Å². The second-order valence-corrected chi connectivity index (χ2v) is 8.59. The van der Waals surface area contributed by atoms with E-state index in [1.165, 1.54) is 22.5 Å². The first-order valence-electron chi connectivity index (χ1n) is 7.93. The lowest BCUT2D eigenvalue weighted by molar-refractivity contribution is 0.477. The van der Waals surface area contributed by atoms with Crippen LogP contribution in [0.25, 0.3) is 0 Å². The maximum atomic E-state index is 12.0. The molecule has 2 aromatic rings. The monoisotopic (exact) mass is 380 g/mol. The topological polar surface area (TPSA) is 73.8 Å². The van der Waals surface area contributed by atoms with Crippen LogP contribution in [0.3, 0.4) is 0 Å². The SMILES string of the molecule is CN=C(NCCNS(=O)(=O)c1cccs1)N(C)Cc1ccc(C)cc1. The molecule has 0 aliphatic rings. The van der Waals surface area contributed by atoms with Gasteiger partial charge in [-0.05, 0) is 23.9 Å². The lowest BCUT2D eigenvalue weighted by atomic mass is 10.1. The van der Waals surface area contributed by atoms with E-state index in [9.17, 15) is 8.42 Å². The third kappa shape index (κ3) is 5.84. The number of hydrogen-bond acceptors (Lipinski definition) is 4. The number of benzene rings is 1. The molecule has 1 aromatic heterocycles. The minimum Gasteiger partial charge on any atom is -0.355 e. The Bertz CT molecular complexity index is 785. The molecule has 0 amide bonds. The summed E-state index contributed by atoms with van der Waals surface area (Å²) in [7, 11) is 0.242. The molecule has 0 atom stereocenters. The van der Waals surface area contributed by atoms with Gasteiger partial charge in [-0.2, -0.15) is 0 Å². The summed E-state index contributed by atoms with van der Waals surface area (Å²) in [6.45, 7) is 3.53. The summed E-state index contributed by atoms with van der Waals surface area (Å²) >= 11 is 1.20. The second-order valence-electron chi connectivity index (χ2n) is 5.65. The molecule has 0 aliphatic carbocycles. The van der Waals surface area contributed by atoms with Crippen molar-refractivity contribution < 1.29 is 8.42 Å². The van der Waals surface area contributed by atoms with Crippen molar-refractivity contribution in [1.29, 1.82) is 0 Å². The Hall–Kier alpha value is -1.90. The Labute approximate surface area is 153 Å². The Morgan fingerprint density at radius 1 is 1.20 bits per heavy atom. The van der Waals surface area contributed by atoms with E-state index in [1.54, 1.807) is 24.6 Å². The van der Waals surface area contributed by atoms with Crippen LogP contribution in [-0.4, -0.2) is 46.5 Å². The molecule has 6 nitrogen and oxygen atoms in total. The summed E-state index contributed by atoms with van der Waals surface area (Å²) in [5.41, 5.74) is 2.42. The van der Waals surface area contributed by atoms with Crippen LogP contribution in [0, 0.1) is 6.92 Å². The maximum absolute atomic E-state index is 12.0. The third-order valence-electron chi connectivity index (χ3n) is 3.57. The van der Waals surface area contributed by atoms with E-state index in [0.29, 0.717) is 10.8 Å². The molecule has 0 unspecified atom stereocenters. The summed E-state index contributed by atoms with van der Waals surface area (Å²) in [6.07, 6.45) is 0. The highest BCUT2D eigenvalue weighted by Crippen LogP contribution is 2.14. The van der Waals surface area contributed by atoms with E-state index in [1.807, 2.05) is 11.9 Å². The first-order valence-corrected chi connectivity index (χ1v) is 10.3. The highest BCUT2D eigenvalue weighted by molar-refractivity contribution is 7.91. The van der Waals surface area contributed by atoms with Gasteiger partial charge in [0, 0.05) is 33.7 Å². The van der Waals surface area contributed by atoms with E-state index >= 15 is 0 Å². The summed E-state index contributed by atoms with van der Waals surface area (Å²) < 4.78 is 27.0. The number of nitrogens with one attached hydrogen (secondary N) is 2. The number of aliphatic imine (C=N–C) groups is 1. The lowest BCUT2D eigenvalue weighted by Crippen LogP contribution is -2.42. The average molecular weight is 381 g/mol. The van der Waals surface area contributed by atoms with Gasteiger partial charge < -0.3 is 10.2 Å². The first-order chi connectivity index (χ1) is 11.9. The number of rotatable bonds is 7. The smallest absolute Gasteiger partial charge is 0.250 e. The van der Waals surface area contributed by atoms with Gasteiger partial charge in [0.05, 0.1) is 0 Å². The minimum absolute atomic E-state index is 0.289. The van der Waals surface area contributed by atoms with Crippen molar-refractivity contribution >= 4 is 27.3 Å². The molecule has 0 spiro atoms. The zero-order chi connectivity index (χ0) is 18.3. The van der Waals surface area contributed by atoms with Gasteiger partial charge in [-0.25, -0.2) is 13.1 Å². The molecule has 8 heteroatoms. The number of hydrogen-bond donors (Lipinski definition) is 2. The molecular formula is C17H24N4O2S2. The molecule has 0 saturated carbocycles. The minimum atomic E-state index is -3.42. The van der Waals surface area contributed by atoms with Gasteiger partial charge >= 0.3 is 0 Å². The van der Waals surface area contributed by atoms with Gasteiger partial charge in [0.1, 0.15) is 4.21 Å². The fourth-order valence-electron chi connectivity index (χ4n) is 2.27. The van der Waals surface area contributed by atoms with Crippen molar-refractivity contribution in [3.8, 4) is 0 Å². The molecule has 0 saturated heterocycles. The molecule has 25 heavy (non-hydrogen) atoms. The summed E-state index contributed by atoms with van der Waals surface area (Å²) in [5, 5.41) is 4.92. The molecule has 1 aromatic carbocycles. The molecule has 136 valence electrons. The second kappa shape index (κ2) is 8.98. The van der Waals surface area contributed by atoms with Crippen molar-refractivity contribution in [2.45, 2.75) is 17.7 Å². The van der Waals surface area contributed by atoms with E-state index in [4.69, 9.17) is 0 Å². The van der Waals surface area contributed by atoms with Gasteiger partial charge in [0.2, 0.25) is 10.0 Å². The van der Waals surface area contributed by atoms with Crippen molar-refractivity contribution in [3.05, 3.63) is 52.9 Å². The predicted octanol–water partition coefficient (Wildman–Crippen LogP) is 2.04. The van der Waals surface area contributed by atoms with Crippen LogP contribution in [0.4, 0.5) is 0 Å². The highest BCUT2D eigenvalue weighted by Gasteiger charge is 2.14. The van der Waals surface area contributed by atoms with Crippen LogP contribution in [0.15, 0.2) is 51.0 Å². The van der Waals surface area contributed by atoms with E-state index in [2.05, 4.69) is 46.2 Å². The van der Waals surface area contributed by atoms with Crippen molar-refractivity contribution in [1.82, 2.24) is 14.9 Å². The van der Waals surface area contributed by atoms with Gasteiger partial charge in [0.15, 0.2) is 5.96 Å². The van der Waals surface area contributed by atoms with Crippen LogP contribution in [0.5, 0.6) is 0 Å². The Morgan fingerprint density at radius 3 is 2.52 bits per heavy atom.